The summed E-state index contributed by atoms with van der Waals surface area (Å²) in [6.45, 7) is 0.493. The van der Waals surface area contributed by atoms with Crippen molar-refractivity contribution in [1.82, 2.24) is 9.78 Å². The van der Waals surface area contributed by atoms with Gasteiger partial charge in [-0.25, -0.2) is 9.48 Å². The molecule has 1 aromatic heterocycles. The Labute approximate surface area is 164 Å². The molecule has 0 N–H and O–H groups in total. The molecule has 0 amide bonds. The van der Waals surface area contributed by atoms with Crippen molar-refractivity contribution in [3.63, 3.8) is 0 Å². The van der Waals surface area contributed by atoms with Crippen molar-refractivity contribution in [2.75, 3.05) is 19.5 Å². The molecule has 0 atom stereocenters. The van der Waals surface area contributed by atoms with Crippen LogP contribution in [0.15, 0.2) is 58.9 Å². The highest BCUT2D eigenvalue weighted by molar-refractivity contribution is 8.01. The van der Waals surface area contributed by atoms with Crippen molar-refractivity contribution in [2.45, 2.75) is 4.34 Å². The van der Waals surface area contributed by atoms with Gasteiger partial charge in [0, 0.05) is 5.75 Å². The van der Waals surface area contributed by atoms with Crippen LogP contribution < -0.4 is 4.74 Å². The number of hydrogen-bond acceptors (Lipinski definition) is 7. The van der Waals surface area contributed by atoms with Crippen molar-refractivity contribution in [3.8, 4) is 11.4 Å². The van der Waals surface area contributed by atoms with Crippen LogP contribution in [-0.2, 0) is 4.74 Å². The van der Waals surface area contributed by atoms with E-state index in [0.717, 1.165) is 15.8 Å². The van der Waals surface area contributed by atoms with E-state index >= 15 is 0 Å². The van der Waals surface area contributed by atoms with Crippen molar-refractivity contribution in [1.29, 1.82) is 0 Å². The van der Waals surface area contributed by atoms with E-state index in [4.69, 9.17) is 21.7 Å². The van der Waals surface area contributed by atoms with Crippen molar-refractivity contribution < 1.29 is 14.3 Å². The molecule has 0 unspecified atom stereocenters. The second-order valence-corrected chi connectivity index (χ2v) is 8.06. The highest BCUT2D eigenvalue weighted by Crippen LogP contribution is 2.24. The molecule has 0 aliphatic carbocycles. The molecule has 26 heavy (non-hydrogen) atoms. The minimum atomic E-state index is -0.379. The third-order valence-electron chi connectivity index (χ3n) is 3.36. The molecule has 0 saturated heterocycles. The molecule has 5 nitrogen and oxygen atoms in total. The minimum Gasteiger partial charge on any atom is -0.493 e. The lowest BCUT2D eigenvalue weighted by Gasteiger charge is -2.06. The zero-order valence-corrected chi connectivity index (χ0v) is 16.4. The van der Waals surface area contributed by atoms with E-state index in [1.807, 2.05) is 36.4 Å². The average Bonchev–Trinajstić information content (AvgIpc) is 3.06. The number of esters is 1. The third kappa shape index (κ3) is 4.72. The number of rotatable bonds is 7. The normalized spacial score (nSPS) is 10.5. The number of ether oxygens (including phenoxy) is 2. The Hall–Kier alpha value is -2.16. The maximum atomic E-state index is 11.5. The number of hydrogen-bond donors (Lipinski definition) is 0. The zero-order chi connectivity index (χ0) is 18.4. The van der Waals surface area contributed by atoms with E-state index in [0.29, 0.717) is 21.9 Å². The van der Waals surface area contributed by atoms with E-state index in [2.05, 4.69) is 5.10 Å². The van der Waals surface area contributed by atoms with Crippen molar-refractivity contribution in [3.05, 3.63) is 64.1 Å². The fourth-order valence-corrected chi connectivity index (χ4v) is 4.42. The summed E-state index contributed by atoms with van der Waals surface area (Å²) in [6, 6.07) is 16.8. The SMILES string of the molecule is COC(=O)c1cccc(OCCSc2nn(-c3ccccc3)c(=S)s2)c1. The first-order valence-corrected chi connectivity index (χ1v) is 9.98. The lowest BCUT2D eigenvalue weighted by molar-refractivity contribution is 0.0600. The molecule has 0 fully saturated rings. The van der Waals surface area contributed by atoms with Crippen LogP contribution in [0.3, 0.4) is 0 Å². The molecule has 0 aliphatic heterocycles. The molecule has 0 spiro atoms. The fourth-order valence-electron chi connectivity index (χ4n) is 2.17. The number of methoxy groups -OCH3 is 1. The molecule has 8 heteroatoms. The smallest absolute Gasteiger partial charge is 0.337 e. The largest absolute Gasteiger partial charge is 0.493 e. The number of aromatic nitrogens is 2. The summed E-state index contributed by atoms with van der Waals surface area (Å²) in [4.78, 5) is 11.5. The van der Waals surface area contributed by atoms with Crippen molar-refractivity contribution in [2.24, 2.45) is 0 Å². The standard InChI is InChI=1S/C18H16N2O3S3/c1-22-16(21)13-6-5-9-15(12-13)23-10-11-25-17-19-20(18(24)26-17)14-7-3-2-4-8-14/h2-9,12H,10-11H2,1H3. The van der Waals surface area contributed by atoms with Gasteiger partial charge in [-0.3, -0.25) is 0 Å². The van der Waals surface area contributed by atoms with Crippen LogP contribution >= 0.6 is 35.3 Å². The van der Waals surface area contributed by atoms with E-state index in [1.54, 1.807) is 34.6 Å². The maximum absolute atomic E-state index is 11.5. The first kappa shape index (κ1) is 18.6. The van der Waals surface area contributed by atoms with Crippen LogP contribution in [0.1, 0.15) is 10.4 Å². The van der Waals surface area contributed by atoms with E-state index in [1.165, 1.54) is 18.4 Å². The lowest BCUT2D eigenvalue weighted by Crippen LogP contribution is -2.04. The van der Waals surface area contributed by atoms with Crippen LogP contribution in [0, 0.1) is 3.95 Å². The summed E-state index contributed by atoms with van der Waals surface area (Å²) in [5.41, 5.74) is 1.42. The molecule has 0 saturated carbocycles. The fraction of sp³-hybridized carbons (Fsp3) is 0.167. The van der Waals surface area contributed by atoms with Gasteiger partial charge < -0.3 is 9.47 Å². The Kier molecular flexibility index (Phi) is 6.43. The van der Waals surface area contributed by atoms with Crippen LogP contribution in [0.5, 0.6) is 5.75 Å². The average molecular weight is 405 g/mol. The van der Waals surface area contributed by atoms with Gasteiger partial charge in [0.25, 0.3) is 0 Å². The number of benzene rings is 2. The predicted octanol–water partition coefficient (Wildman–Crippen LogP) is 4.62. The molecule has 3 aromatic rings. The van der Waals surface area contributed by atoms with Gasteiger partial charge in [0.1, 0.15) is 5.75 Å². The highest BCUT2D eigenvalue weighted by Gasteiger charge is 2.08. The van der Waals surface area contributed by atoms with Gasteiger partial charge >= 0.3 is 5.97 Å². The third-order valence-corrected chi connectivity index (χ3v) is 5.69. The van der Waals surface area contributed by atoms with E-state index in [9.17, 15) is 4.79 Å². The van der Waals surface area contributed by atoms with Gasteiger partial charge in [-0.1, -0.05) is 47.4 Å². The number of thioether (sulfide) groups is 1. The molecule has 134 valence electrons. The summed E-state index contributed by atoms with van der Waals surface area (Å²) < 4.78 is 13.8. The molecule has 3 rings (SSSR count). The van der Waals surface area contributed by atoms with Crippen LogP contribution in [0.4, 0.5) is 0 Å². The number of nitrogens with zero attached hydrogens (tertiary/aromatic N) is 2. The first-order valence-electron chi connectivity index (χ1n) is 7.77. The number of carbonyl (C=O) groups excluding carboxylic acids is 1. The van der Waals surface area contributed by atoms with Gasteiger partial charge in [-0.05, 0) is 42.5 Å². The monoisotopic (exact) mass is 404 g/mol. The topological polar surface area (TPSA) is 53.4 Å². The summed E-state index contributed by atoms with van der Waals surface area (Å²) >= 11 is 8.46. The molecule has 0 bridgehead atoms. The number of para-hydroxylation sites is 1. The van der Waals surface area contributed by atoms with E-state index in [-0.39, 0.29) is 5.97 Å². The number of carbonyl (C=O) groups is 1. The van der Waals surface area contributed by atoms with Gasteiger partial charge in [0.15, 0.2) is 8.29 Å². The summed E-state index contributed by atoms with van der Waals surface area (Å²) in [5.74, 6) is 0.978. The molecule has 1 heterocycles. The summed E-state index contributed by atoms with van der Waals surface area (Å²) in [7, 11) is 1.36. The quantitative estimate of drug-likeness (QED) is 0.248. The Morgan fingerprint density at radius 3 is 2.81 bits per heavy atom. The van der Waals surface area contributed by atoms with Crippen molar-refractivity contribution >= 4 is 41.3 Å². The van der Waals surface area contributed by atoms with Crippen LogP contribution in [-0.4, -0.2) is 35.2 Å². The van der Waals surface area contributed by atoms with Gasteiger partial charge in [-0.15, -0.1) is 5.10 Å². The molecule has 0 radical (unpaired) electrons. The van der Waals surface area contributed by atoms with Gasteiger partial charge in [0.2, 0.25) is 0 Å². The zero-order valence-electron chi connectivity index (χ0n) is 14.0. The lowest BCUT2D eigenvalue weighted by atomic mass is 10.2. The second kappa shape index (κ2) is 8.98. The van der Waals surface area contributed by atoms with E-state index < -0.39 is 0 Å². The maximum Gasteiger partial charge on any atom is 0.337 e. The molecule has 2 aromatic carbocycles. The molecule has 0 aliphatic rings. The Bertz CT molecular complexity index is 938. The Morgan fingerprint density at radius 1 is 1.23 bits per heavy atom. The first-order chi connectivity index (χ1) is 12.7. The predicted molar refractivity (Wildman–Crippen MR) is 106 cm³/mol. The molecular weight excluding hydrogens is 388 g/mol. The van der Waals surface area contributed by atoms with Gasteiger partial charge in [0.05, 0.1) is 25.0 Å². The summed E-state index contributed by atoms with van der Waals surface area (Å²) in [5, 5.41) is 4.55. The van der Waals surface area contributed by atoms with Gasteiger partial charge in [-0.2, -0.15) is 0 Å². The summed E-state index contributed by atoms with van der Waals surface area (Å²) in [6.07, 6.45) is 0. The Morgan fingerprint density at radius 2 is 2.04 bits per heavy atom. The second-order valence-electron chi connectivity index (χ2n) is 5.10. The Balaban J connectivity index is 1.55. The van der Waals surface area contributed by atoms with Crippen LogP contribution in [0.25, 0.3) is 5.69 Å². The highest BCUT2D eigenvalue weighted by atomic mass is 32.2. The van der Waals surface area contributed by atoms with Crippen LogP contribution in [0.2, 0.25) is 0 Å². The minimum absolute atomic E-state index is 0.379. The molecular formula is C18H16N2O3S3.